The number of carbonyl (C=O) groups is 1. The van der Waals surface area contributed by atoms with Crippen molar-refractivity contribution in [3.8, 4) is 0 Å². The Morgan fingerprint density at radius 2 is 1.80 bits per heavy atom. The molecule has 0 heterocycles. The summed E-state index contributed by atoms with van der Waals surface area (Å²) in [6.07, 6.45) is 1.82. The van der Waals surface area contributed by atoms with Crippen LogP contribution in [-0.4, -0.2) is 23.9 Å². The maximum Gasteiger partial charge on any atom is 0.226 e. The lowest BCUT2D eigenvalue weighted by molar-refractivity contribution is -0.133. The highest BCUT2D eigenvalue weighted by molar-refractivity contribution is 5.85. The summed E-state index contributed by atoms with van der Waals surface area (Å²) >= 11 is 0. The van der Waals surface area contributed by atoms with Crippen LogP contribution in [-0.2, 0) is 11.3 Å². The standard InChI is InChI=1S/C21H26N2O.ClH/c1-16-8-5-6-11-18(16)19-14-20(19)21(24)23(13-7-12-22)15-17-9-3-2-4-10-17;/h2-6,8-11,19-20H,7,12-15,22H2,1H3;1H. The molecule has 4 heteroatoms. The van der Waals surface area contributed by atoms with Gasteiger partial charge in [0.1, 0.15) is 0 Å². The van der Waals surface area contributed by atoms with Crippen LogP contribution >= 0.6 is 12.4 Å². The minimum Gasteiger partial charge on any atom is -0.338 e. The van der Waals surface area contributed by atoms with Crippen LogP contribution < -0.4 is 5.73 Å². The molecule has 25 heavy (non-hydrogen) atoms. The molecule has 1 saturated carbocycles. The second-order valence-corrected chi connectivity index (χ2v) is 6.69. The van der Waals surface area contributed by atoms with Gasteiger partial charge in [-0.2, -0.15) is 0 Å². The third-order valence-electron chi connectivity index (χ3n) is 4.86. The van der Waals surface area contributed by atoms with Crippen molar-refractivity contribution < 1.29 is 4.79 Å². The number of hydrogen-bond acceptors (Lipinski definition) is 2. The van der Waals surface area contributed by atoms with Gasteiger partial charge in [-0.25, -0.2) is 0 Å². The topological polar surface area (TPSA) is 46.3 Å². The fourth-order valence-electron chi connectivity index (χ4n) is 3.40. The number of hydrogen-bond donors (Lipinski definition) is 1. The molecule has 2 N–H and O–H groups in total. The Hall–Kier alpha value is -1.84. The van der Waals surface area contributed by atoms with E-state index in [4.69, 9.17) is 5.73 Å². The van der Waals surface area contributed by atoms with Crippen LogP contribution in [0.3, 0.4) is 0 Å². The minimum absolute atomic E-state index is 0. The highest BCUT2D eigenvalue weighted by Crippen LogP contribution is 2.49. The zero-order chi connectivity index (χ0) is 16.9. The number of aryl methyl sites for hydroxylation is 1. The third-order valence-corrected chi connectivity index (χ3v) is 4.86. The molecule has 1 aliphatic rings. The molecule has 0 bridgehead atoms. The van der Waals surface area contributed by atoms with Gasteiger partial charge in [0.2, 0.25) is 5.91 Å². The molecule has 134 valence electrons. The summed E-state index contributed by atoms with van der Waals surface area (Å²) in [5.41, 5.74) is 9.45. The molecule has 0 radical (unpaired) electrons. The lowest BCUT2D eigenvalue weighted by Gasteiger charge is -2.23. The smallest absolute Gasteiger partial charge is 0.226 e. The number of nitrogens with two attached hydrogens (primary N) is 1. The highest BCUT2D eigenvalue weighted by atomic mass is 35.5. The van der Waals surface area contributed by atoms with Gasteiger partial charge in [0.25, 0.3) is 0 Å². The van der Waals surface area contributed by atoms with E-state index in [0.717, 1.165) is 19.4 Å². The van der Waals surface area contributed by atoms with E-state index in [1.807, 2.05) is 23.1 Å². The first-order valence-corrected chi connectivity index (χ1v) is 8.79. The first-order valence-electron chi connectivity index (χ1n) is 8.79. The number of rotatable bonds is 7. The average molecular weight is 359 g/mol. The normalized spacial score (nSPS) is 18.3. The quantitative estimate of drug-likeness (QED) is 0.815. The van der Waals surface area contributed by atoms with Crippen LogP contribution in [0.5, 0.6) is 0 Å². The van der Waals surface area contributed by atoms with Gasteiger partial charge in [-0.05, 0) is 48.9 Å². The van der Waals surface area contributed by atoms with Crippen molar-refractivity contribution in [2.75, 3.05) is 13.1 Å². The van der Waals surface area contributed by atoms with Gasteiger partial charge in [-0.1, -0.05) is 54.6 Å². The van der Waals surface area contributed by atoms with Gasteiger partial charge in [0, 0.05) is 19.0 Å². The lowest BCUT2D eigenvalue weighted by Crippen LogP contribution is -2.34. The summed E-state index contributed by atoms with van der Waals surface area (Å²) in [6.45, 7) is 4.16. The van der Waals surface area contributed by atoms with Crippen molar-refractivity contribution in [3.63, 3.8) is 0 Å². The number of benzene rings is 2. The third kappa shape index (κ3) is 4.83. The van der Waals surface area contributed by atoms with Crippen LogP contribution in [0.25, 0.3) is 0 Å². The summed E-state index contributed by atoms with van der Waals surface area (Å²) in [7, 11) is 0. The van der Waals surface area contributed by atoms with E-state index in [1.54, 1.807) is 0 Å². The van der Waals surface area contributed by atoms with Gasteiger partial charge < -0.3 is 10.6 Å². The van der Waals surface area contributed by atoms with Crippen molar-refractivity contribution >= 4 is 18.3 Å². The van der Waals surface area contributed by atoms with Crippen molar-refractivity contribution in [2.45, 2.75) is 32.2 Å². The van der Waals surface area contributed by atoms with E-state index < -0.39 is 0 Å². The Labute approximate surface area is 156 Å². The zero-order valence-electron chi connectivity index (χ0n) is 14.7. The fourth-order valence-corrected chi connectivity index (χ4v) is 3.40. The molecular weight excluding hydrogens is 332 g/mol. The van der Waals surface area contributed by atoms with Crippen LogP contribution in [0.4, 0.5) is 0 Å². The summed E-state index contributed by atoms with van der Waals surface area (Å²) in [5, 5.41) is 0. The van der Waals surface area contributed by atoms with E-state index >= 15 is 0 Å². The molecule has 0 aliphatic heterocycles. The molecule has 2 aromatic rings. The first-order chi connectivity index (χ1) is 11.7. The summed E-state index contributed by atoms with van der Waals surface area (Å²) < 4.78 is 0. The zero-order valence-corrected chi connectivity index (χ0v) is 15.5. The lowest BCUT2D eigenvalue weighted by atomic mass is 10.0. The van der Waals surface area contributed by atoms with E-state index in [2.05, 4.69) is 43.3 Å². The van der Waals surface area contributed by atoms with Crippen LogP contribution in [0, 0.1) is 12.8 Å². The second-order valence-electron chi connectivity index (χ2n) is 6.69. The van der Waals surface area contributed by atoms with E-state index in [0.29, 0.717) is 19.0 Å². The molecule has 1 amide bonds. The van der Waals surface area contributed by atoms with Gasteiger partial charge in [0.15, 0.2) is 0 Å². The molecule has 0 saturated heterocycles. The maximum atomic E-state index is 13.0. The second kappa shape index (κ2) is 9.02. The summed E-state index contributed by atoms with van der Waals surface area (Å²) in [5.74, 6) is 0.794. The van der Waals surface area contributed by atoms with E-state index in [-0.39, 0.29) is 24.2 Å². The van der Waals surface area contributed by atoms with Crippen LogP contribution in [0.15, 0.2) is 54.6 Å². The fraction of sp³-hybridized carbons (Fsp3) is 0.381. The SMILES string of the molecule is Cc1ccccc1C1CC1C(=O)N(CCCN)Cc1ccccc1.Cl. The van der Waals surface area contributed by atoms with Gasteiger partial charge in [0.05, 0.1) is 0 Å². The molecule has 2 aromatic carbocycles. The van der Waals surface area contributed by atoms with Gasteiger partial charge in [-0.15, -0.1) is 12.4 Å². The van der Waals surface area contributed by atoms with Crippen molar-refractivity contribution in [1.82, 2.24) is 4.90 Å². The number of amides is 1. The monoisotopic (exact) mass is 358 g/mol. The van der Waals surface area contributed by atoms with E-state index in [1.165, 1.54) is 16.7 Å². The molecule has 3 rings (SSSR count). The van der Waals surface area contributed by atoms with Crippen LogP contribution in [0.2, 0.25) is 0 Å². The van der Waals surface area contributed by atoms with Gasteiger partial charge in [-0.3, -0.25) is 4.79 Å². The molecule has 2 atom stereocenters. The van der Waals surface area contributed by atoms with E-state index in [9.17, 15) is 4.79 Å². The Balaban J connectivity index is 0.00000225. The minimum atomic E-state index is 0. The van der Waals surface area contributed by atoms with Crippen molar-refractivity contribution in [2.24, 2.45) is 11.7 Å². The predicted octanol–water partition coefficient (Wildman–Crippen LogP) is 3.90. The molecule has 0 aromatic heterocycles. The molecule has 2 unspecified atom stereocenters. The van der Waals surface area contributed by atoms with Crippen LogP contribution in [0.1, 0.15) is 35.4 Å². The molecular formula is C21H27ClN2O. The van der Waals surface area contributed by atoms with Crippen molar-refractivity contribution in [1.29, 1.82) is 0 Å². The first kappa shape index (κ1) is 19.5. The Bertz CT molecular complexity index is 689. The Morgan fingerprint density at radius 3 is 2.48 bits per heavy atom. The number of nitrogens with zero attached hydrogens (tertiary/aromatic N) is 1. The molecule has 1 fully saturated rings. The number of halogens is 1. The number of carbonyl (C=O) groups excluding carboxylic acids is 1. The maximum absolute atomic E-state index is 13.0. The van der Waals surface area contributed by atoms with Gasteiger partial charge >= 0.3 is 0 Å². The Morgan fingerprint density at radius 1 is 1.12 bits per heavy atom. The largest absolute Gasteiger partial charge is 0.338 e. The predicted molar refractivity (Wildman–Crippen MR) is 105 cm³/mol. The Kier molecular flexibility index (Phi) is 7.03. The highest BCUT2D eigenvalue weighted by Gasteiger charge is 2.46. The molecule has 0 spiro atoms. The molecule has 1 aliphatic carbocycles. The summed E-state index contributed by atoms with van der Waals surface area (Å²) in [4.78, 5) is 15.0. The molecule has 3 nitrogen and oxygen atoms in total. The summed E-state index contributed by atoms with van der Waals surface area (Å²) in [6, 6.07) is 18.6. The van der Waals surface area contributed by atoms with Crippen molar-refractivity contribution in [3.05, 3.63) is 71.3 Å². The average Bonchev–Trinajstić information content (AvgIpc) is 3.40.